The smallest absolute Gasteiger partial charge is 0.220 e. The van der Waals surface area contributed by atoms with Crippen LogP contribution in [0.5, 0.6) is 0 Å². The fraction of sp³-hybridized carbons (Fsp3) is 0.588. The zero-order valence-corrected chi connectivity index (χ0v) is 13.6. The third kappa shape index (κ3) is 5.68. The number of halogens is 1. The summed E-state index contributed by atoms with van der Waals surface area (Å²) in [5, 5.41) is 3.19. The minimum atomic E-state index is 0. The molecule has 0 bridgehead atoms. The van der Waals surface area contributed by atoms with Gasteiger partial charge in [0.05, 0.1) is 0 Å². The summed E-state index contributed by atoms with van der Waals surface area (Å²) < 4.78 is 0. The minimum absolute atomic E-state index is 0. The number of hydrogen-bond donors (Lipinski definition) is 2. The van der Waals surface area contributed by atoms with E-state index in [0.717, 1.165) is 19.3 Å². The Hall–Kier alpha value is -1.06. The molecule has 1 aliphatic rings. The first kappa shape index (κ1) is 18.0. The van der Waals surface area contributed by atoms with Crippen LogP contribution in [0.15, 0.2) is 24.3 Å². The Kier molecular flexibility index (Phi) is 7.76. The number of amides is 1. The van der Waals surface area contributed by atoms with Crippen molar-refractivity contribution in [1.29, 1.82) is 0 Å². The second kappa shape index (κ2) is 9.06. The summed E-state index contributed by atoms with van der Waals surface area (Å²) in [5.74, 6) is 0.628. The molecule has 0 aliphatic heterocycles. The molecule has 1 aromatic rings. The summed E-state index contributed by atoms with van der Waals surface area (Å²) in [6.45, 7) is 2.76. The van der Waals surface area contributed by atoms with Gasteiger partial charge < -0.3 is 11.1 Å². The number of hydrogen-bond acceptors (Lipinski definition) is 2. The quantitative estimate of drug-likeness (QED) is 0.878. The lowest BCUT2D eigenvalue weighted by Crippen LogP contribution is -2.44. The highest BCUT2D eigenvalue weighted by atomic mass is 35.5. The maximum absolute atomic E-state index is 12.1. The molecule has 118 valence electrons. The SMILES string of the molecule is Cc1cccc(CCC(=O)NC2CCCCC2CN)c1.Cl. The van der Waals surface area contributed by atoms with Gasteiger partial charge in [-0.15, -0.1) is 12.4 Å². The number of aryl methyl sites for hydroxylation is 2. The largest absolute Gasteiger partial charge is 0.353 e. The van der Waals surface area contributed by atoms with Crippen LogP contribution in [0, 0.1) is 12.8 Å². The Morgan fingerprint density at radius 1 is 1.33 bits per heavy atom. The lowest BCUT2D eigenvalue weighted by atomic mass is 9.84. The van der Waals surface area contributed by atoms with Crippen LogP contribution in [0.25, 0.3) is 0 Å². The number of nitrogens with two attached hydrogens (primary N) is 1. The summed E-state index contributed by atoms with van der Waals surface area (Å²) in [7, 11) is 0. The standard InChI is InChI=1S/C17H26N2O.ClH/c1-13-5-4-6-14(11-13)9-10-17(20)19-16-8-3-2-7-15(16)12-18;/h4-6,11,15-16H,2-3,7-10,12,18H2,1H3,(H,19,20);1H. The molecule has 3 N–H and O–H groups in total. The van der Waals surface area contributed by atoms with E-state index in [0.29, 0.717) is 24.9 Å². The van der Waals surface area contributed by atoms with Gasteiger partial charge in [-0.1, -0.05) is 42.7 Å². The average molecular weight is 311 g/mol. The molecule has 1 fully saturated rings. The average Bonchev–Trinajstić information content (AvgIpc) is 2.46. The number of carbonyl (C=O) groups is 1. The highest BCUT2D eigenvalue weighted by Crippen LogP contribution is 2.23. The van der Waals surface area contributed by atoms with Crippen LogP contribution in [-0.4, -0.2) is 18.5 Å². The number of nitrogens with one attached hydrogen (secondary N) is 1. The van der Waals surface area contributed by atoms with E-state index in [1.54, 1.807) is 0 Å². The molecule has 0 aromatic heterocycles. The Bertz CT molecular complexity index is 450. The van der Waals surface area contributed by atoms with Crippen molar-refractivity contribution in [3.8, 4) is 0 Å². The van der Waals surface area contributed by atoms with Crippen molar-refractivity contribution in [3.63, 3.8) is 0 Å². The molecule has 21 heavy (non-hydrogen) atoms. The first-order chi connectivity index (χ1) is 9.69. The van der Waals surface area contributed by atoms with Crippen molar-refractivity contribution in [2.24, 2.45) is 11.7 Å². The monoisotopic (exact) mass is 310 g/mol. The molecule has 2 atom stereocenters. The van der Waals surface area contributed by atoms with Crippen LogP contribution >= 0.6 is 12.4 Å². The van der Waals surface area contributed by atoms with Crippen molar-refractivity contribution in [2.45, 2.75) is 51.5 Å². The van der Waals surface area contributed by atoms with Crippen molar-refractivity contribution in [3.05, 3.63) is 35.4 Å². The fourth-order valence-electron chi connectivity index (χ4n) is 3.08. The molecular formula is C17H27ClN2O. The van der Waals surface area contributed by atoms with Gasteiger partial charge in [0.1, 0.15) is 0 Å². The second-order valence-electron chi connectivity index (χ2n) is 5.94. The van der Waals surface area contributed by atoms with Crippen LogP contribution in [0.4, 0.5) is 0 Å². The molecule has 3 nitrogen and oxygen atoms in total. The topological polar surface area (TPSA) is 55.1 Å². The Labute approximate surface area is 134 Å². The predicted octanol–water partition coefficient (Wildman–Crippen LogP) is 2.98. The van der Waals surface area contributed by atoms with Gasteiger partial charge in [0.2, 0.25) is 5.91 Å². The van der Waals surface area contributed by atoms with E-state index < -0.39 is 0 Å². The van der Waals surface area contributed by atoms with E-state index in [1.807, 2.05) is 6.07 Å². The molecule has 0 saturated heterocycles. The Morgan fingerprint density at radius 2 is 2.10 bits per heavy atom. The second-order valence-corrected chi connectivity index (χ2v) is 5.94. The molecule has 1 aromatic carbocycles. The van der Waals surface area contributed by atoms with E-state index in [9.17, 15) is 4.79 Å². The molecule has 2 rings (SSSR count). The van der Waals surface area contributed by atoms with Gasteiger partial charge in [-0.2, -0.15) is 0 Å². The maximum atomic E-state index is 12.1. The third-order valence-electron chi connectivity index (χ3n) is 4.28. The first-order valence-electron chi connectivity index (χ1n) is 7.74. The normalized spacial score (nSPS) is 21.4. The zero-order valence-electron chi connectivity index (χ0n) is 12.8. The van der Waals surface area contributed by atoms with Gasteiger partial charge in [-0.3, -0.25) is 4.79 Å². The van der Waals surface area contributed by atoms with Gasteiger partial charge in [0.25, 0.3) is 0 Å². The van der Waals surface area contributed by atoms with Crippen LogP contribution < -0.4 is 11.1 Å². The molecule has 1 amide bonds. The maximum Gasteiger partial charge on any atom is 0.220 e. The summed E-state index contributed by atoms with van der Waals surface area (Å²) in [6, 6.07) is 8.66. The van der Waals surface area contributed by atoms with E-state index >= 15 is 0 Å². The molecule has 0 heterocycles. The summed E-state index contributed by atoms with van der Waals surface area (Å²) >= 11 is 0. The number of benzene rings is 1. The highest BCUT2D eigenvalue weighted by Gasteiger charge is 2.24. The van der Waals surface area contributed by atoms with E-state index in [-0.39, 0.29) is 18.3 Å². The van der Waals surface area contributed by atoms with Crippen LogP contribution in [-0.2, 0) is 11.2 Å². The van der Waals surface area contributed by atoms with Gasteiger partial charge in [-0.25, -0.2) is 0 Å². The van der Waals surface area contributed by atoms with Crippen LogP contribution in [0.3, 0.4) is 0 Å². The molecule has 4 heteroatoms. The van der Waals surface area contributed by atoms with Gasteiger partial charge in [0, 0.05) is 12.5 Å². The Balaban J connectivity index is 0.00000220. The number of rotatable bonds is 5. The first-order valence-corrected chi connectivity index (χ1v) is 7.74. The molecule has 1 aliphatic carbocycles. The summed E-state index contributed by atoms with van der Waals surface area (Å²) in [6.07, 6.45) is 6.07. The van der Waals surface area contributed by atoms with Crippen LogP contribution in [0.1, 0.15) is 43.2 Å². The molecule has 0 spiro atoms. The van der Waals surface area contributed by atoms with E-state index in [4.69, 9.17) is 5.73 Å². The van der Waals surface area contributed by atoms with Crippen molar-refractivity contribution in [2.75, 3.05) is 6.54 Å². The summed E-state index contributed by atoms with van der Waals surface area (Å²) in [5.41, 5.74) is 8.28. The highest BCUT2D eigenvalue weighted by molar-refractivity contribution is 5.85. The van der Waals surface area contributed by atoms with Crippen molar-refractivity contribution >= 4 is 18.3 Å². The lowest BCUT2D eigenvalue weighted by Gasteiger charge is -2.31. The lowest BCUT2D eigenvalue weighted by molar-refractivity contribution is -0.122. The van der Waals surface area contributed by atoms with Crippen molar-refractivity contribution in [1.82, 2.24) is 5.32 Å². The Morgan fingerprint density at radius 3 is 2.81 bits per heavy atom. The fourth-order valence-corrected chi connectivity index (χ4v) is 3.08. The van der Waals surface area contributed by atoms with Crippen molar-refractivity contribution < 1.29 is 4.79 Å². The third-order valence-corrected chi connectivity index (χ3v) is 4.28. The summed E-state index contributed by atoms with van der Waals surface area (Å²) in [4.78, 5) is 12.1. The minimum Gasteiger partial charge on any atom is -0.353 e. The zero-order chi connectivity index (χ0) is 14.4. The van der Waals surface area contributed by atoms with Gasteiger partial charge in [-0.05, 0) is 44.2 Å². The van der Waals surface area contributed by atoms with E-state index in [1.165, 1.54) is 24.0 Å². The predicted molar refractivity (Wildman–Crippen MR) is 89.7 cm³/mol. The molecule has 0 radical (unpaired) electrons. The number of carbonyl (C=O) groups excluding carboxylic acids is 1. The van der Waals surface area contributed by atoms with Gasteiger partial charge >= 0.3 is 0 Å². The molecular weight excluding hydrogens is 284 g/mol. The molecule has 1 saturated carbocycles. The van der Waals surface area contributed by atoms with E-state index in [2.05, 4.69) is 30.4 Å². The van der Waals surface area contributed by atoms with Gasteiger partial charge in [0.15, 0.2) is 0 Å². The van der Waals surface area contributed by atoms with Crippen LogP contribution in [0.2, 0.25) is 0 Å². The molecule has 2 unspecified atom stereocenters.